The number of carbonyl (C=O) groups excluding carboxylic acids is 1. The molecule has 1 fully saturated rings. The van der Waals surface area contributed by atoms with Gasteiger partial charge in [-0.25, -0.2) is 13.8 Å². The number of halogens is 2. The van der Waals surface area contributed by atoms with Crippen LogP contribution in [-0.4, -0.2) is 47.6 Å². The van der Waals surface area contributed by atoms with Crippen molar-refractivity contribution in [2.45, 2.75) is 26.1 Å². The number of hydrogen-bond acceptors (Lipinski definition) is 5. The summed E-state index contributed by atoms with van der Waals surface area (Å²) in [5.41, 5.74) is 0.958. The number of morpholine rings is 1. The molecule has 2 aromatic rings. The first-order chi connectivity index (χ1) is 11.9. The van der Waals surface area contributed by atoms with Gasteiger partial charge in [0.25, 0.3) is 0 Å². The van der Waals surface area contributed by atoms with Crippen LogP contribution >= 0.6 is 11.3 Å². The average molecular weight is 367 g/mol. The fourth-order valence-electron chi connectivity index (χ4n) is 2.89. The molecule has 0 aliphatic carbocycles. The van der Waals surface area contributed by atoms with Crippen molar-refractivity contribution >= 4 is 22.4 Å². The summed E-state index contributed by atoms with van der Waals surface area (Å²) in [5.74, 6) is -1.99. The first-order valence-electron chi connectivity index (χ1n) is 7.99. The van der Waals surface area contributed by atoms with Crippen LogP contribution in [0.15, 0.2) is 23.6 Å². The van der Waals surface area contributed by atoms with E-state index in [9.17, 15) is 13.6 Å². The summed E-state index contributed by atoms with van der Waals surface area (Å²) in [6, 6.07) is 3.60. The molecule has 8 heteroatoms. The van der Waals surface area contributed by atoms with Crippen molar-refractivity contribution in [2.75, 3.05) is 25.0 Å². The predicted molar refractivity (Wildman–Crippen MR) is 92.5 cm³/mol. The minimum atomic E-state index is -0.924. The van der Waals surface area contributed by atoms with Crippen LogP contribution in [0.5, 0.6) is 0 Å². The van der Waals surface area contributed by atoms with Crippen LogP contribution in [0.2, 0.25) is 0 Å². The van der Waals surface area contributed by atoms with E-state index in [1.165, 1.54) is 17.4 Å². The van der Waals surface area contributed by atoms with Gasteiger partial charge in [-0.3, -0.25) is 9.69 Å². The van der Waals surface area contributed by atoms with E-state index in [1.807, 2.05) is 18.7 Å². The first kappa shape index (κ1) is 17.9. The van der Waals surface area contributed by atoms with E-state index in [0.717, 1.165) is 12.1 Å². The molecular formula is C17H19F2N3O2S. The molecule has 5 nitrogen and oxygen atoms in total. The van der Waals surface area contributed by atoms with E-state index in [-0.39, 0.29) is 24.7 Å². The molecule has 0 radical (unpaired) electrons. The molecular weight excluding hydrogens is 348 g/mol. The van der Waals surface area contributed by atoms with Gasteiger partial charge in [-0.1, -0.05) is 0 Å². The van der Waals surface area contributed by atoms with Crippen molar-refractivity contribution in [3.05, 3.63) is 35.2 Å². The summed E-state index contributed by atoms with van der Waals surface area (Å²) >= 11 is 1.24. The minimum Gasteiger partial charge on any atom is -0.373 e. The van der Waals surface area contributed by atoms with Crippen molar-refractivity contribution in [1.29, 1.82) is 0 Å². The van der Waals surface area contributed by atoms with Crippen LogP contribution in [0.25, 0.3) is 11.3 Å². The zero-order chi connectivity index (χ0) is 18.0. The third-order valence-electron chi connectivity index (χ3n) is 3.83. The Hall–Kier alpha value is -1.90. The fraction of sp³-hybridized carbons (Fsp3) is 0.412. The zero-order valence-electron chi connectivity index (χ0n) is 14.0. The van der Waals surface area contributed by atoms with Gasteiger partial charge in [-0.05, 0) is 32.0 Å². The molecule has 1 N–H and O–H groups in total. The van der Waals surface area contributed by atoms with Gasteiger partial charge in [0.1, 0.15) is 0 Å². The van der Waals surface area contributed by atoms with Crippen molar-refractivity contribution in [3.8, 4) is 11.3 Å². The smallest absolute Gasteiger partial charge is 0.240 e. The van der Waals surface area contributed by atoms with Crippen molar-refractivity contribution in [1.82, 2.24) is 9.88 Å². The number of rotatable bonds is 4. The molecule has 1 amide bonds. The number of anilines is 1. The van der Waals surface area contributed by atoms with E-state index in [4.69, 9.17) is 4.74 Å². The highest BCUT2D eigenvalue weighted by atomic mass is 32.1. The maximum atomic E-state index is 13.3. The number of thiazole rings is 1. The van der Waals surface area contributed by atoms with Crippen LogP contribution in [0.4, 0.5) is 13.9 Å². The normalized spacial score (nSPS) is 21.3. The van der Waals surface area contributed by atoms with Gasteiger partial charge < -0.3 is 10.1 Å². The van der Waals surface area contributed by atoms with Gasteiger partial charge in [0, 0.05) is 24.0 Å². The molecule has 25 heavy (non-hydrogen) atoms. The molecule has 1 saturated heterocycles. The Morgan fingerprint density at radius 3 is 2.72 bits per heavy atom. The average Bonchev–Trinajstić information content (AvgIpc) is 2.97. The van der Waals surface area contributed by atoms with Gasteiger partial charge in [0.2, 0.25) is 5.91 Å². The summed E-state index contributed by atoms with van der Waals surface area (Å²) < 4.78 is 32.0. The third-order valence-corrected chi connectivity index (χ3v) is 4.59. The minimum absolute atomic E-state index is 0.0939. The lowest BCUT2D eigenvalue weighted by Gasteiger charge is -2.34. The molecule has 0 spiro atoms. The molecule has 2 heterocycles. The van der Waals surface area contributed by atoms with Gasteiger partial charge in [-0.15, -0.1) is 11.3 Å². The number of amides is 1. The molecule has 0 bridgehead atoms. The Morgan fingerprint density at radius 1 is 1.32 bits per heavy atom. The topological polar surface area (TPSA) is 54.5 Å². The Kier molecular flexibility index (Phi) is 5.41. The van der Waals surface area contributed by atoms with Gasteiger partial charge in [0.15, 0.2) is 16.8 Å². The number of ether oxygens (including phenoxy) is 1. The highest BCUT2D eigenvalue weighted by molar-refractivity contribution is 7.14. The van der Waals surface area contributed by atoms with Crippen LogP contribution < -0.4 is 5.32 Å². The lowest BCUT2D eigenvalue weighted by molar-refractivity contribution is -0.121. The van der Waals surface area contributed by atoms with Gasteiger partial charge >= 0.3 is 0 Å². The van der Waals surface area contributed by atoms with Crippen molar-refractivity contribution < 1.29 is 18.3 Å². The van der Waals surface area contributed by atoms with E-state index < -0.39 is 11.6 Å². The summed E-state index contributed by atoms with van der Waals surface area (Å²) in [6.07, 6.45) is 0.188. The molecule has 3 rings (SSSR count). The number of aromatic nitrogens is 1. The fourth-order valence-corrected chi connectivity index (χ4v) is 3.63. The number of hydrogen-bond donors (Lipinski definition) is 1. The van der Waals surface area contributed by atoms with E-state index in [2.05, 4.69) is 10.3 Å². The van der Waals surface area contributed by atoms with Crippen molar-refractivity contribution in [2.24, 2.45) is 0 Å². The van der Waals surface area contributed by atoms with E-state index >= 15 is 0 Å². The molecule has 2 atom stereocenters. The monoisotopic (exact) mass is 367 g/mol. The zero-order valence-corrected chi connectivity index (χ0v) is 14.8. The maximum Gasteiger partial charge on any atom is 0.240 e. The summed E-state index contributed by atoms with van der Waals surface area (Å²) in [7, 11) is 0. The first-order valence-corrected chi connectivity index (χ1v) is 8.87. The van der Waals surface area contributed by atoms with Crippen LogP contribution in [0, 0.1) is 11.6 Å². The molecule has 134 valence electrons. The molecule has 0 saturated carbocycles. The van der Waals surface area contributed by atoms with E-state index in [0.29, 0.717) is 29.5 Å². The van der Waals surface area contributed by atoms with Gasteiger partial charge in [-0.2, -0.15) is 0 Å². The number of carbonyl (C=O) groups is 1. The number of nitrogens with one attached hydrogen (secondary N) is 1. The van der Waals surface area contributed by atoms with Crippen LogP contribution in [0.1, 0.15) is 13.8 Å². The summed E-state index contributed by atoms with van der Waals surface area (Å²) in [5, 5.41) is 4.88. The number of nitrogens with zero attached hydrogens (tertiary/aromatic N) is 2. The van der Waals surface area contributed by atoms with Crippen LogP contribution in [0.3, 0.4) is 0 Å². The standard InChI is InChI=1S/C17H19F2N3O2S/c1-10-6-22(7-11(2)24-10)8-16(23)21-17-20-15(9-25-17)12-3-4-13(18)14(19)5-12/h3-5,9-11H,6-8H2,1-2H3,(H,20,21,23)/t10-,11-/m0/s1. The Bertz CT molecular complexity index is 758. The Morgan fingerprint density at radius 2 is 2.04 bits per heavy atom. The molecule has 1 aliphatic rings. The van der Waals surface area contributed by atoms with E-state index in [1.54, 1.807) is 5.38 Å². The third kappa shape index (κ3) is 4.59. The maximum absolute atomic E-state index is 13.3. The number of benzene rings is 1. The van der Waals surface area contributed by atoms with Crippen LogP contribution in [-0.2, 0) is 9.53 Å². The highest BCUT2D eigenvalue weighted by Crippen LogP contribution is 2.26. The lowest BCUT2D eigenvalue weighted by Crippen LogP contribution is -2.48. The second-order valence-corrected chi connectivity index (χ2v) is 7.02. The molecule has 1 aliphatic heterocycles. The Labute approximate surface area is 148 Å². The molecule has 1 aromatic carbocycles. The molecule has 1 aromatic heterocycles. The van der Waals surface area contributed by atoms with Crippen molar-refractivity contribution in [3.63, 3.8) is 0 Å². The Balaban J connectivity index is 1.61. The quantitative estimate of drug-likeness (QED) is 0.902. The predicted octanol–water partition coefficient (Wildman–Crippen LogP) is 3.14. The molecule has 0 unspecified atom stereocenters. The van der Waals surface area contributed by atoms with Gasteiger partial charge in [0.05, 0.1) is 24.4 Å². The highest BCUT2D eigenvalue weighted by Gasteiger charge is 2.24. The lowest BCUT2D eigenvalue weighted by atomic mass is 10.2. The summed E-state index contributed by atoms with van der Waals surface area (Å²) in [4.78, 5) is 18.5. The summed E-state index contributed by atoms with van der Waals surface area (Å²) in [6.45, 7) is 5.63. The SMILES string of the molecule is C[C@H]1CN(CC(=O)Nc2nc(-c3ccc(F)c(F)c3)cs2)C[C@H](C)O1. The second-order valence-electron chi connectivity index (χ2n) is 6.17. The largest absolute Gasteiger partial charge is 0.373 e. The second kappa shape index (κ2) is 7.55.